The van der Waals surface area contributed by atoms with Crippen molar-refractivity contribution in [1.29, 1.82) is 0 Å². The first-order valence-corrected chi connectivity index (χ1v) is 9.09. The molecule has 2 atom stereocenters. The molecule has 8 heteroatoms. The molecule has 0 fully saturated rings. The molecule has 1 aromatic heterocycles. The fourth-order valence-corrected chi connectivity index (χ4v) is 2.77. The van der Waals surface area contributed by atoms with E-state index in [0.717, 1.165) is 4.31 Å². The van der Waals surface area contributed by atoms with Crippen molar-refractivity contribution in [1.82, 2.24) is 9.97 Å². The number of aliphatic hydroxyl groups excluding tert-OH is 1. The first-order chi connectivity index (χ1) is 12.3. The SMILES string of the molecule is C=CCC(O)c1c(-c2ccc(F)cc2)nc(N(C)S(=O)[O-])nc1C(C)C. The van der Waals surface area contributed by atoms with E-state index in [9.17, 15) is 18.3 Å². The van der Waals surface area contributed by atoms with E-state index in [2.05, 4.69) is 16.5 Å². The van der Waals surface area contributed by atoms with Gasteiger partial charge in [-0.25, -0.2) is 14.4 Å². The molecule has 2 unspecified atom stereocenters. The van der Waals surface area contributed by atoms with Crippen LogP contribution in [0.3, 0.4) is 0 Å². The second kappa shape index (κ2) is 8.48. The van der Waals surface area contributed by atoms with Crippen molar-refractivity contribution in [2.45, 2.75) is 32.3 Å². The van der Waals surface area contributed by atoms with E-state index < -0.39 is 23.2 Å². The molecule has 0 bridgehead atoms. The van der Waals surface area contributed by atoms with Crippen molar-refractivity contribution in [3.8, 4) is 11.3 Å². The van der Waals surface area contributed by atoms with Gasteiger partial charge in [0, 0.05) is 29.4 Å². The Hall–Kier alpha value is -2.16. The molecule has 0 spiro atoms. The van der Waals surface area contributed by atoms with Gasteiger partial charge in [-0.15, -0.1) is 6.58 Å². The maximum atomic E-state index is 13.3. The van der Waals surface area contributed by atoms with E-state index in [4.69, 9.17) is 0 Å². The molecule has 0 saturated carbocycles. The first-order valence-electron chi connectivity index (χ1n) is 8.06. The highest BCUT2D eigenvalue weighted by molar-refractivity contribution is 7.80. The Balaban J connectivity index is 2.79. The highest BCUT2D eigenvalue weighted by Gasteiger charge is 2.24. The highest BCUT2D eigenvalue weighted by Crippen LogP contribution is 2.35. The minimum atomic E-state index is -2.55. The van der Waals surface area contributed by atoms with E-state index >= 15 is 0 Å². The number of nitrogens with zero attached hydrogens (tertiary/aromatic N) is 3. The number of benzene rings is 1. The summed E-state index contributed by atoms with van der Waals surface area (Å²) in [6, 6.07) is 5.63. The fourth-order valence-electron chi connectivity index (χ4n) is 2.55. The summed E-state index contributed by atoms with van der Waals surface area (Å²) < 4.78 is 36.9. The molecular weight excluding hydrogens is 357 g/mol. The lowest BCUT2D eigenvalue weighted by atomic mass is 9.93. The molecule has 0 aliphatic rings. The van der Waals surface area contributed by atoms with Gasteiger partial charge in [0.15, 0.2) is 0 Å². The Kier molecular flexibility index (Phi) is 6.57. The minimum Gasteiger partial charge on any atom is -0.755 e. The largest absolute Gasteiger partial charge is 0.755 e. The Morgan fingerprint density at radius 2 is 1.96 bits per heavy atom. The Bertz CT molecular complexity index is 812. The summed E-state index contributed by atoms with van der Waals surface area (Å²) in [5.74, 6) is -0.520. The third-order valence-corrected chi connectivity index (χ3v) is 4.47. The van der Waals surface area contributed by atoms with Crippen LogP contribution in [0.15, 0.2) is 36.9 Å². The van der Waals surface area contributed by atoms with Crippen molar-refractivity contribution >= 4 is 17.2 Å². The summed E-state index contributed by atoms with van der Waals surface area (Å²) in [6.07, 6.45) is 0.942. The third kappa shape index (κ3) is 4.32. The topological polar surface area (TPSA) is 89.4 Å². The zero-order chi connectivity index (χ0) is 19.4. The number of aromatic nitrogens is 2. The van der Waals surface area contributed by atoms with Crippen molar-refractivity contribution in [3.05, 3.63) is 54.0 Å². The quantitative estimate of drug-likeness (QED) is 0.590. The number of hydrogen-bond acceptors (Lipinski definition) is 5. The van der Waals surface area contributed by atoms with Crippen LogP contribution in [0.2, 0.25) is 0 Å². The van der Waals surface area contributed by atoms with Gasteiger partial charge in [-0.3, -0.25) is 8.51 Å². The average molecular weight is 378 g/mol. The van der Waals surface area contributed by atoms with Gasteiger partial charge >= 0.3 is 0 Å². The summed E-state index contributed by atoms with van der Waals surface area (Å²) >= 11 is -2.55. The molecule has 0 saturated heterocycles. The molecule has 1 aromatic carbocycles. The van der Waals surface area contributed by atoms with E-state index in [-0.39, 0.29) is 18.3 Å². The van der Waals surface area contributed by atoms with Gasteiger partial charge in [0.25, 0.3) is 0 Å². The smallest absolute Gasteiger partial charge is 0.237 e. The minimum absolute atomic E-state index is 0.0177. The summed E-state index contributed by atoms with van der Waals surface area (Å²) in [6.45, 7) is 7.42. The molecule has 2 rings (SSSR count). The van der Waals surface area contributed by atoms with Gasteiger partial charge < -0.3 is 9.66 Å². The maximum absolute atomic E-state index is 13.3. The van der Waals surface area contributed by atoms with Gasteiger partial charge in [-0.1, -0.05) is 19.9 Å². The Morgan fingerprint density at radius 3 is 2.46 bits per heavy atom. The van der Waals surface area contributed by atoms with Crippen molar-refractivity contribution < 1.29 is 18.3 Å². The molecule has 6 nitrogen and oxygen atoms in total. The molecule has 0 aliphatic heterocycles. The predicted octanol–water partition coefficient (Wildman–Crippen LogP) is 3.25. The molecule has 140 valence electrons. The molecule has 0 amide bonds. The number of halogens is 1. The highest BCUT2D eigenvalue weighted by atomic mass is 32.2. The summed E-state index contributed by atoms with van der Waals surface area (Å²) in [5, 5.41) is 10.6. The van der Waals surface area contributed by atoms with Crippen LogP contribution in [0.25, 0.3) is 11.3 Å². The normalized spacial score (nSPS) is 13.5. The number of hydrogen-bond donors (Lipinski definition) is 1. The van der Waals surface area contributed by atoms with Crippen LogP contribution in [0, 0.1) is 5.82 Å². The first kappa shape index (κ1) is 20.2. The van der Waals surface area contributed by atoms with Crippen LogP contribution in [0.5, 0.6) is 0 Å². The van der Waals surface area contributed by atoms with Gasteiger partial charge in [0.2, 0.25) is 5.95 Å². The molecule has 1 N–H and O–H groups in total. The van der Waals surface area contributed by atoms with E-state index in [0.29, 0.717) is 22.5 Å². The molecule has 0 radical (unpaired) electrons. The van der Waals surface area contributed by atoms with Gasteiger partial charge in [-0.05, 0) is 36.6 Å². The summed E-state index contributed by atoms with van der Waals surface area (Å²) in [5.41, 5.74) is 1.94. The number of anilines is 1. The molecule has 2 aromatic rings. The van der Waals surface area contributed by atoms with Crippen molar-refractivity contribution in [2.24, 2.45) is 0 Å². The zero-order valence-electron chi connectivity index (χ0n) is 14.8. The van der Waals surface area contributed by atoms with E-state index in [1.54, 1.807) is 6.08 Å². The Morgan fingerprint density at radius 1 is 1.35 bits per heavy atom. The maximum Gasteiger partial charge on any atom is 0.237 e. The second-order valence-corrected chi connectivity index (χ2v) is 7.07. The molecular formula is C18H21FN3O3S-. The van der Waals surface area contributed by atoms with Crippen molar-refractivity contribution in [2.75, 3.05) is 11.4 Å². The van der Waals surface area contributed by atoms with Crippen LogP contribution in [0.4, 0.5) is 10.3 Å². The van der Waals surface area contributed by atoms with Crippen LogP contribution in [-0.4, -0.2) is 30.9 Å². The third-order valence-electron chi connectivity index (χ3n) is 3.86. The summed E-state index contributed by atoms with van der Waals surface area (Å²) in [7, 11) is 1.33. The standard InChI is InChI=1S/C18H22FN3O3S/c1-5-6-14(23)15-16(11(2)3)20-18(22(4)26(24)25)21-17(15)12-7-9-13(19)10-8-12/h5,7-11,14,23H,1,6H2,2-4H3,(H,24,25)/p-1. The zero-order valence-corrected chi connectivity index (χ0v) is 15.7. The van der Waals surface area contributed by atoms with Crippen LogP contribution in [-0.2, 0) is 11.3 Å². The number of rotatable bonds is 7. The summed E-state index contributed by atoms with van der Waals surface area (Å²) in [4.78, 5) is 8.70. The van der Waals surface area contributed by atoms with Gasteiger partial charge in [-0.2, -0.15) is 0 Å². The van der Waals surface area contributed by atoms with Crippen LogP contribution >= 0.6 is 0 Å². The van der Waals surface area contributed by atoms with Crippen LogP contribution in [0.1, 0.15) is 43.5 Å². The number of aliphatic hydroxyl groups is 1. The predicted molar refractivity (Wildman–Crippen MR) is 98.6 cm³/mol. The molecule has 26 heavy (non-hydrogen) atoms. The Labute approximate surface area is 154 Å². The lowest BCUT2D eigenvalue weighted by molar-refractivity contribution is 0.180. The second-order valence-electron chi connectivity index (χ2n) is 6.09. The van der Waals surface area contributed by atoms with Crippen molar-refractivity contribution in [3.63, 3.8) is 0 Å². The van der Waals surface area contributed by atoms with Gasteiger partial charge in [0.05, 0.1) is 17.5 Å². The monoisotopic (exact) mass is 378 g/mol. The molecule has 1 heterocycles. The molecule has 0 aliphatic carbocycles. The van der Waals surface area contributed by atoms with E-state index in [1.807, 2.05) is 13.8 Å². The lowest BCUT2D eigenvalue weighted by Gasteiger charge is -2.25. The fraction of sp³-hybridized carbons (Fsp3) is 0.333. The van der Waals surface area contributed by atoms with Crippen LogP contribution < -0.4 is 4.31 Å². The van der Waals surface area contributed by atoms with E-state index in [1.165, 1.54) is 31.3 Å². The average Bonchev–Trinajstić information content (AvgIpc) is 2.60. The lowest BCUT2D eigenvalue weighted by Crippen LogP contribution is -2.24. The van der Waals surface area contributed by atoms with Gasteiger partial charge in [0.1, 0.15) is 5.82 Å².